The van der Waals surface area contributed by atoms with Crippen molar-refractivity contribution in [3.05, 3.63) is 90.1 Å². The number of hydrogen-bond acceptors (Lipinski definition) is 8. The van der Waals surface area contributed by atoms with E-state index in [1.54, 1.807) is 30.6 Å². The van der Waals surface area contributed by atoms with Crippen molar-refractivity contribution >= 4 is 5.70 Å². The van der Waals surface area contributed by atoms with E-state index in [1.807, 2.05) is 37.3 Å². The highest BCUT2D eigenvalue weighted by atomic mass is 19.1. The van der Waals surface area contributed by atoms with Crippen LogP contribution in [0.15, 0.2) is 73.1 Å². The molecule has 0 bridgehead atoms. The van der Waals surface area contributed by atoms with Gasteiger partial charge in [-0.25, -0.2) is 9.37 Å². The molecule has 8 nitrogen and oxygen atoms in total. The number of halogens is 1. The number of rotatable bonds is 5. The van der Waals surface area contributed by atoms with Gasteiger partial charge in [-0.1, -0.05) is 30.3 Å². The summed E-state index contributed by atoms with van der Waals surface area (Å²) in [6, 6.07) is 17.4. The Hall–Kier alpha value is -3.53. The van der Waals surface area contributed by atoms with Crippen LogP contribution >= 0.6 is 0 Å². The van der Waals surface area contributed by atoms with Crippen LogP contribution in [0.25, 0.3) is 5.70 Å². The van der Waals surface area contributed by atoms with E-state index in [2.05, 4.69) is 20.6 Å². The van der Waals surface area contributed by atoms with Gasteiger partial charge in [0.2, 0.25) is 6.29 Å². The van der Waals surface area contributed by atoms with Gasteiger partial charge < -0.3 is 30.6 Å². The van der Waals surface area contributed by atoms with E-state index in [9.17, 15) is 4.39 Å². The lowest BCUT2D eigenvalue weighted by Crippen LogP contribution is -2.63. The smallest absolute Gasteiger partial charge is 0.322 e. The molecule has 5 rings (SSSR count). The zero-order valence-corrected chi connectivity index (χ0v) is 18.0. The Morgan fingerprint density at radius 2 is 1.79 bits per heavy atom. The molecule has 3 heterocycles. The van der Waals surface area contributed by atoms with Gasteiger partial charge in [-0.2, -0.15) is 4.98 Å². The number of ether oxygens (including phenoxy) is 3. The Bertz CT molecular complexity index is 1150. The van der Waals surface area contributed by atoms with Crippen LogP contribution in [0.2, 0.25) is 0 Å². The van der Waals surface area contributed by atoms with Crippen molar-refractivity contribution in [2.24, 2.45) is 5.73 Å². The lowest BCUT2D eigenvalue weighted by molar-refractivity contribution is -0.242. The second kappa shape index (κ2) is 8.43. The van der Waals surface area contributed by atoms with Gasteiger partial charge in [-0.15, -0.1) is 0 Å². The number of aromatic nitrogens is 2. The van der Waals surface area contributed by atoms with Gasteiger partial charge in [0.1, 0.15) is 11.6 Å². The number of para-hydroxylation sites is 1. The lowest BCUT2D eigenvalue weighted by atomic mass is 9.97. The highest BCUT2D eigenvalue weighted by molar-refractivity contribution is 5.64. The number of nitrogens with one attached hydrogen (secondary N) is 2. The zero-order chi connectivity index (χ0) is 22.9. The van der Waals surface area contributed by atoms with E-state index in [0.717, 1.165) is 5.56 Å². The minimum absolute atomic E-state index is 0.213. The van der Waals surface area contributed by atoms with E-state index < -0.39 is 17.5 Å². The first-order chi connectivity index (χ1) is 15.9. The largest absolute Gasteiger partial charge is 0.424 e. The Morgan fingerprint density at radius 3 is 2.52 bits per heavy atom. The fourth-order valence-corrected chi connectivity index (χ4v) is 3.75. The minimum Gasteiger partial charge on any atom is -0.424 e. The maximum atomic E-state index is 13.6. The molecule has 1 fully saturated rings. The van der Waals surface area contributed by atoms with E-state index >= 15 is 0 Å². The molecule has 0 aliphatic carbocycles. The van der Waals surface area contributed by atoms with E-state index in [-0.39, 0.29) is 11.8 Å². The third kappa shape index (κ3) is 4.38. The fraction of sp³-hybridized carbons (Fsp3) is 0.250. The number of nitrogens with zero attached hydrogens (tertiary/aromatic N) is 2. The molecule has 1 saturated heterocycles. The van der Waals surface area contributed by atoms with Gasteiger partial charge in [0.05, 0.1) is 30.1 Å². The van der Waals surface area contributed by atoms with E-state index in [4.69, 9.17) is 19.9 Å². The summed E-state index contributed by atoms with van der Waals surface area (Å²) < 4.78 is 31.4. The van der Waals surface area contributed by atoms with Crippen molar-refractivity contribution in [2.75, 3.05) is 13.2 Å². The summed E-state index contributed by atoms with van der Waals surface area (Å²) in [6.07, 6.45) is 2.67. The van der Waals surface area contributed by atoms with Crippen molar-refractivity contribution in [3.63, 3.8) is 0 Å². The van der Waals surface area contributed by atoms with Crippen LogP contribution in [0.5, 0.6) is 11.8 Å². The highest BCUT2D eigenvalue weighted by Gasteiger charge is 2.48. The standard InChI is InChI=1S/C24H24FN5O3/c1-23(26)14-31-21(32-15-23)24(16-7-9-17(25)10-8-16)28-13-20(30-24)19-11-12-27-22(29-19)33-18-5-3-2-4-6-18/h2-13,21,28,30H,14-15,26H2,1H3. The van der Waals surface area contributed by atoms with Gasteiger partial charge >= 0.3 is 6.01 Å². The third-order valence-electron chi connectivity index (χ3n) is 5.42. The molecule has 2 aliphatic rings. The molecule has 0 amide bonds. The van der Waals surface area contributed by atoms with Gasteiger partial charge in [0, 0.05) is 18.0 Å². The van der Waals surface area contributed by atoms with Gasteiger partial charge in [0.25, 0.3) is 0 Å². The van der Waals surface area contributed by atoms with Crippen LogP contribution in [0.1, 0.15) is 18.2 Å². The summed E-state index contributed by atoms with van der Waals surface area (Å²) in [4.78, 5) is 8.73. The molecule has 3 aromatic rings. The van der Waals surface area contributed by atoms with Crippen LogP contribution < -0.4 is 21.1 Å². The number of hydrogen-bond donors (Lipinski definition) is 3. The predicted octanol–water partition coefficient (Wildman–Crippen LogP) is 2.84. The first kappa shape index (κ1) is 21.3. The topological polar surface area (TPSA) is 104 Å². The lowest BCUT2D eigenvalue weighted by Gasteiger charge is -2.44. The number of nitrogens with two attached hydrogens (primary N) is 1. The Kier molecular flexibility index (Phi) is 5.45. The average Bonchev–Trinajstić information content (AvgIpc) is 3.27. The second-order valence-electron chi connectivity index (χ2n) is 8.39. The average molecular weight is 449 g/mol. The minimum atomic E-state index is -1.01. The van der Waals surface area contributed by atoms with Crippen LogP contribution in [-0.4, -0.2) is 35.0 Å². The molecular formula is C24H24FN5O3. The molecule has 170 valence electrons. The monoisotopic (exact) mass is 449 g/mol. The number of benzene rings is 2. The van der Waals surface area contributed by atoms with Gasteiger partial charge in [-0.05, 0) is 37.3 Å². The Labute approximate surface area is 190 Å². The quantitative estimate of drug-likeness (QED) is 0.546. The van der Waals surface area contributed by atoms with Crippen molar-refractivity contribution in [2.45, 2.75) is 24.4 Å². The van der Waals surface area contributed by atoms with Crippen molar-refractivity contribution in [3.8, 4) is 11.8 Å². The van der Waals surface area contributed by atoms with Crippen LogP contribution in [0, 0.1) is 5.82 Å². The molecule has 9 heteroatoms. The first-order valence-corrected chi connectivity index (χ1v) is 10.5. The molecule has 2 aliphatic heterocycles. The van der Waals surface area contributed by atoms with Crippen molar-refractivity contribution in [1.29, 1.82) is 0 Å². The summed E-state index contributed by atoms with van der Waals surface area (Å²) in [6.45, 7) is 2.48. The molecule has 1 atom stereocenters. The molecule has 33 heavy (non-hydrogen) atoms. The molecule has 2 aromatic carbocycles. The summed E-state index contributed by atoms with van der Waals surface area (Å²) in [7, 11) is 0. The molecular weight excluding hydrogens is 425 g/mol. The second-order valence-corrected chi connectivity index (χ2v) is 8.39. The van der Waals surface area contributed by atoms with Crippen molar-refractivity contribution < 1.29 is 18.6 Å². The molecule has 4 N–H and O–H groups in total. The van der Waals surface area contributed by atoms with Gasteiger partial charge in [-0.3, -0.25) is 0 Å². The first-order valence-electron chi connectivity index (χ1n) is 10.5. The van der Waals surface area contributed by atoms with Crippen molar-refractivity contribution in [1.82, 2.24) is 20.6 Å². The predicted molar refractivity (Wildman–Crippen MR) is 119 cm³/mol. The molecule has 0 radical (unpaired) electrons. The SMILES string of the molecule is CC1(N)COC(C2(c3ccc(F)cc3)NC=C(c3ccnc(Oc4ccccc4)n3)N2)OC1. The maximum Gasteiger partial charge on any atom is 0.322 e. The summed E-state index contributed by atoms with van der Waals surface area (Å²) in [5.41, 5.74) is 6.56. The summed E-state index contributed by atoms with van der Waals surface area (Å²) in [5, 5.41) is 6.77. The molecule has 0 saturated carbocycles. The Balaban J connectivity index is 1.42. The Morgan fingerprint density at radius 1 is 1.06 bits per heavy atom. The van der Waals surface area contributed by atoms with E-state index in [0.29, 0.717) is 30.4 Å². The molecule has 1 unspecified atom stereocenters. The highest BCUT2D eigenvalue weighted by Crippen LogP contribution is 2.35. The third-order valence-corrected chi connectivity index (χ3v) is 5.42. The van der Waals surface area contributed by atoms with Crippen LogP contribution in [0.4, 0.5) is 4.39 Å². The summed E-state index contributed by atoms with van der Waals surface area (Å²) in [5.74, 6) is 0.300. The summed E-state index contributed by atoms with van der Waals surface area (Å²) >= 11 is 0. The fourth-order valence-electron chi connectivity index (χ4n) is 3.75. The normalized spacial score (nSPS) is 26.8. The molecule has 0 spiro atoms. The van der Waals surface area contributed by atoms with E-state index in [1.165, 1.54) is 12.1 Å². The maximum absolute atomic E-state index is 13.6. The molecule has 1 aromatic heterocycles. The zero-order valence-electron chi connectivity index (χ0n) is 18.0. The van der Waals surface area contributed by atoms with Crippen LogP contribution in [-0.2, 0) is 15.1 Å². The van der Waals surface area contributed by atoms with Gasteiger partial charge in [0.15, 0.2) is 5.66 Å². The van der Waals surface area contributed by atoms with Crippen LogP contribution in [0.3, 0.4) is 0 Å².